The normalized spacial score (nSPS) is 14.3. The van der Waals surface area contributed by atoms with Crippen LogP contribution < -0.4 is 5.32 Å². The summed E-state index contributed by atoms with van der Waals surface area (Å²) in [6.45, 7) is 5.42. The van der Waals surface area contributed by atoms with Gasteiger partial charge < -0.3 is 5.32 Å². The summed E-state index contributed by atoms with van der Waals surface area (Å²) in [5.74, 6) is 0. The summed E-state index contributed by atoms with van der Waals surface area (Å²) in [6, 6.07) is 8.62. The van der Waals surface area contributed by atoms with Gasteiger partial charge in [-0.15, -0.1) is 5.10 Å². The Hall–Kier alpha value is -1.40. The molecule has 0 amide bonds. The Balaban J connectivity index is 1.98. The van der Waals surface area contributed by atoms with Crippen molar-refractivity contribution in [3.63, 3.8) is 0 Å². The van der Waals surface area contributed by atoms with Crippen LogP contribution in [0.4, 0.5) is 0 Å². The molecule has 1 heterocycles. The fourth-order valence-electron chi connectivity index (χ4n) is 1.74. The lowest BCUT2D eigenvalue weighted by molar-refractivity contribution is 0.576. The topological polar surface area (TPSA) is 55.6 Å². The molecular weight excluding hydrogens is 258 g/mol. The minimum Gasteiger partial charge on any atom is -0.309 e. The molecule has 102 valence electrons. The average molecular weight is 277 g/mol. The zero-order valence-electron chi connectivity index (χ0n) is 11.4. The lowest BCUT2D eigenvalue weighted by atomic mass is 10.1. The highest BCUT2D eigenvalue weighted by molar-refractivity contribution is 7.99. The van der Waals surface area contributed by atoms with E-state index in [4.69, 9.17) is 0 Å². The van der Waals surface area contributed by atoms with Gasteiger partial charge >= 0.3 is 0 Å². The van der Waals surface area contributed by atoms with Crippen molar-refractivity contribution < 1.29 is 0 Å². The van der Waals surface area contributed by atoms with Gasteiger partial charge in [0.05, 0.1) is 5.69 Å². The first-order valence-corrected chi connectivity index (χ1v) is 7.59. The van der Waals surface area contributed by atoms with E-state index in [1.54, 1.807) is 11.0 Å². The smallest absolute Gasteiger partial charge is 0.143 e. The summed E-state index contributed by atoms with van der Waals surface area (Å²) in [5, 5.41) is 15.3. The average Bonchev–Trinajstić information content (AvgIpc) is 2.98. The molecule has 0 radical (unpaired) electrons. The molecule has 1 aromatic carbocycles. The maximum atomic E-state index is 3.87. The van der Waals surface area contributed by atoms with Crippen LogP contribution in [0.15, 0.2) is 30.6 Å². The second-order valence-corrected chi connectivity index (χ2v) is 5.80. The molecule has 2 aromatic rings. The van der Waals surface area contributed by atoms with Gasteiger partial charge in [0.15, 0.2) is 0 Å². The zero-order chi connectivity index (χ0) is 13.7. The summed E-state index contributed by atoms with van der Waals surface area (Å²) in [7, 11) is 0. The van der Waals surface area contributed by atoms with Crippen LogP contribution >= 0.6 is 11.8 Å². The van der Waals surface area contributed by atoms with Crippen LogP contribution in [0.25, 0.3) is 5.69 Å². The van der Waals surface area contributed by atoms with Gasteiger partial charge in [0.1, 0.15) is 6.33 Å². The van der Waals surface area contributed by atoms with Gasteiger partial charge in [-0.25, -0.2) is 4.68 Å². The molecule has 0 unspecified atom stereocenters. The van der Waals surface area contributed by atoms with E-state index in [0.717, 1.165) is 12.2 Å². The van der Waals surface area contributed by atoms with E-state index in [1.807, 2.05) is 23.9 Å². The molecule has 0 fully saturated rings. The zero-order valence-corrected chi connectivity index (χ0v) is 12.3. The number of nitrogens with zero attached hydrogens (tertiary/aromatic N) is 4. The fourth-order valence-corrected chi connectivity index (χ4v) is 2.00. The number of tetrazole rings is 1. The Morgan fingerprint density at radius 3 is 2.58 bits per heavy atom. The van der Waals surface area contributed by atoms with Gasteiger partial charge in [-0.1, -0.05) is 19.1 Å². The number of aromatic nitrogens is 4. The van der Waals surface area contributed by atoms with Crippen LogP contribution in [0.2, 0.25) is 0 Å². The summed E-state index contributed by atoms with van der Waals surface area (Å²) >= 11 is 1.87. The molecule has 5 nitrogen and oxygen atoms in total. The highest BCUT2D eigenvalue weighted by Crippen LogP contribution is 2.15. The number of benzene rings is 1. The van der Waals surface area contributed by atoms with E-state index < -0.39 is 0 Å². The van der Waals surface area contributed by atoms with E-state index in [-0.39, 0.29) is 0 Å². The maximum absolute atomic E-state index is 3.87. The number of hydrogen-bond donors (Lipinski definition) is 1. The van der Waals surface area contributed by atoms with Crippen molar-refractivity contribution in [3.05, 3.63) is 36.2 Å². The van der Waals surface area contributed by atoms with Crippen molar-refractivity contribution in [3.8, 4) is 5.69 Å². The summed E-state index contributed by atoms with van der Waals surface area (Å²) in [6.07, 6.45) is 3.73. The SMILES string of the molecule is CS[C@H](C)CN[C@@H](C)c1ccc(-n2cnnn2)cc1. The van der Waals surface area contributed by atoms with Crippen molar-refractivity contribution in [2.24, 2.45) is 0 Å². The molecule has 0 aliphatic heterocycles. The number of nitrogens with one attached hydrogen (secondary N) is 1. The van der Waals surface area contributed by atoms with Gasteiger partial charge in [0.2, 0.25) is 0 Å². The monoisotopic (exact) mass is 277 g/mol. The van der Waals surface area contributed by atoms with Gasteiger partial charge in [0.25, 0.3) is 0 Å². The third-order valence-electron chi connectivity index (χ3n) is 3.12. The Kier molecular flexibility index (Phi) is 4.93. The van der Waals surface area contributed by atoms with Crippen molar-refractivity contribution in [1.29, 1.82) is 0 Å². The van der Waals surface area contributed by atoms with E-state index in [1.165, 1.54) is 5.56 Å². The van der Waals surface area contributed by atoms with E-state index in [9.17, 15) is 0 Å². The van der Waals surface area contributed by atoms with Crippen molar-refractivity contribution in [2.45, 2.75) is 25.1 Å². The predicted molar refractivity (Wildman–Crippen MR) is 78.5 cm³/mol. The second kappa shape index (κ2) is 6.68. The minimum absolute atomic E-state index is 0.345. The summed E-state index contributed by atoms with van der Waals surface area (Å²) < 4.78 is 1.65. The Labute approximate surface area is 117 Å². The minimum atomic E-state index is 0.345. The first-order valence-electron chi connectivity index (χ1n) is 6.30. The van der Waals surface area contributed by atoms with Gasteiger partial charge in [-0.3, -0.25) is 0 Å². The van der Waals surface area contributed by atoms with Crippen LogP contribution in [-0.2, 0) is 0 Å². The van der Waals surface area contributed by atoms with Crippen molar-refractivity contribution in [2.75, 3.05) is 12.8 Å². The molecule has 1 N–H and O–H groups in total. The van der Waals surface area contributed by atoms with Crippen LogP contribution in [0.1, 0.15) is 25.5 Å². The molecule has 2 rings (SSSR count). The molecular formula is C13H19N5S. The van der Waals surface area contributed by atoms with Crippen molar-refractivity contribution >= 4 is 11.8 Å². The molecule has 0 saturated heterocycles. The van der Waals surface area contributed by atoms with Crippen LogP contribution in [-0.4, -0.2) is 38.3 Å². The van der Waals surface area contributed by atoms with E-state index in [0.29, 0.717) is 11.3 Å². The first-order chi connectivity index (χ1) is 9.20. The summed E-state index contributed by atoms with van der Waals surface area (Å²) in [5.41, 5.74) is 2.24. The van der Waals surface area contributed by atoms with Crippen LogP contribution in [0.5, 0.6) is 0 Å². The summed E-state index contributed by atoms with van der Waals surface area (Å²) in [4.78, 5) is 0. The number of hydrogen-bond acceptors (Lipinski definition) is 5. The van der Waals surface area contributed by atoms with E-state index in [2.05, 4.69) is 53.1 Å². The molecule has 0 saturated carbocycles. The first kappa shape index (κ1) is 14.0. The quantitative estimate of drug-likeness (QED) is 0.876. The largest absolute Gasteiger partial charge is 0.309 e. The highest BCUT2D eigenvalue weighted by Gasteiger charge is 2.07. The Morgan fingerprint density at radius 2 is 2.00 bits per heavy atom. The molecule has 0 aliphatic rings. The van der Waals surface area contributed by atoms with E-state index >= 15 is 0 Å². The fraction of sp³-hybridized carbons (Fsp3) is 0.462. The third-order valence-corrected chi connectivity index (χ3v) is 4.09. The Bertz CT molecular complexity index is 482. The van der Waals surface area contributed by atoms with Crippen LogP contribution in [0, 0.1) is 0 Å². The number of thioether (sulfide) groups is 1. The van der Waals surface area contributed by atoms with Gasteiger partial charge in [0, 0.05) is 17.8 Å². The maximum Gasteiger partial charge on any atom is 0.143 e. The predicted octanol–water partition coefficient (Wildman–Crippen LogP) is 2.06. The molecule has 19 heavy (non-hydrogen) atoms. The molecule has 0 bridgehead atoms. The lowest BCUT2D eigenvalue weighted by Crippen LogP contribution is -2.25. The molecule has 1 aromatic heterocycles. The van der Waals surface area contributed by atoms with Gasteiger partial charge in [-0.05, 0) is 41.3 Å². The van der Waals surface area contributed by atoms with Gasteiger partial charge in [-0.2, -0.15) is 11.8 Å². The lowest BCUT2D eigenvalue weighted by Gasteiger charge is -2.17. The molecule has 2 atom stereocenters. The highest BCUT2D eigenvalue weighted by atomic mass is 32.2. The van der Waals surface area contributed by atoms with Crippen LogP contribution in [0.3, 0.4) is 0 Å². The third kappa shape index (κ3) is 3.78. The molecule has 0 spiro atoms. The number of rotatable bonds is 6. The standard InChI is InChI=1S/C13H19N5S/c1-10(19-3)8-14-11(2)12-4-6-13(7-5-12)18-9-15-16-17-18/h4-7,9-11,14H,8H2,1-3H3/t10-,11+/m1/s1. The molecule has 6 heteroatoms. The Morgan fingerprint density at radius 1 is 1.26 bits per heavy atom. The van der Waals surface area contributed by atoms with Crippen molar-refractivity contribution in [1.82, 2.24) is 25.5 Å². The molecule has 0 aliphatic carbocycles. The second-order valence-electron chi connectivity index (χ2n) is 4.52.